The van der Waals surface area contributed by atoms with Gasteiger partial charge in [0.05, 0.1) is 11.1 Å². The molecule has 2 heterocycles. The Hall–Kier alpha value is -4.22. The lowest BCUT2D eigenvalue weighted by Gasteiger charge is -2.35. The number of alkyl halides is 3. The van der Waals surface area contributed by atoms with E-state index in [9.17, 15) is 27.2 Å². The predicted octanol–water partition coefficient (Wildman–Crippen LogP) is 3.92. The molecule has 12 heteroatoms. The third-order valence-electron chi connectivity index (χ3n) is 5.61. The van der Waals surface area contributed by atoms with Crippen LogP contribution in [0.4, 0.5) is 34.0 Å². The molecule has 0 atom stereocenters. The van der Waals surface area contributed by atoms with Crippen LogP contribution >= 0.6 is 0 Å². The fourth-order valence-corrected chi connectivity index (χ4v) is 3.73. The van der Waals surface area contributed by atoms with Gasteiger partial charge in [-0.3, -0.25) is 10.1 Å². The van der Waals surface area contributed by atoms with E-state index >= 15 is 0 Å². The van der Waals surface area contributed by atoms with Gasteiger partial charge in [-0.15, -0.1) is 10.2 Å². The third kappa shape index (κ3) is 6.06. The Bertz CT molecular complexity index is 1210. The van der Waals surface area contributed by atoms with Crippen LogP contribution in [0.15, 0.2) is 60.7 Å². The van der Waals surface area contributed by atoms with Gasteiger partial charge in [-0.25, -0.2) is 9.18 Å². The third-order valence-corrected chi connectivity index (χ3v) is 5.61. The zero-order chi connectivity index (χ0) is 25.7. The topological polar surface area (TPSA) is 90.5 Å². The molecule has 188 valence electrons. The first-order valence-electron chi connectivity index (χ1n) is 11.0. The molecule has 1 saturated heterocycles. The second-order valence-corrected chi connectivity index (χ2v) is 8.03. The molecule has 1 aromatic heterocycles. The van der Waals surface area contributed by atoms with Gasteiger partial charge in [0.15, 0.2) is 11.6 Å². The van der Waals surface area contributed by atoms with Crippen molar-refractivity contribution in [2.24, 2.45) is 0 Å². The van der Waals surface area contributed by atoms with E-state index in [1.54, 1.807) is 24.3 Å². The van der Waals surface area contributed by atoms with Crippen molar-refractivity contribution in [1.82, 2.24) is 20.4 Å². The Morgan fingerprint density at radius 2 is 1.58 bits per heavy atom. The molecule has 0 spiro atoms. The quantitative estimate of drug-likeness (QED) is 0.517. The van der Waals surface area contributed by atoms with Gasteiger partial charge in [0.1, 0.15) is 5.82 Å². The first kappa shape index (κ1) is 24.9. The van der Waals surface area contributed by atoms with Crippen LogP contribution in [0.25, 0.3) is 0 Å². The Morgan fingerprint density at radius 1 is 0.889 bits per heavy atom. The fourth-order valence-electron chi connectivity index (χ4n) is 3.73. The minimum atomic E-state index is -4.61. The van der Waals surface area contributed by atoms with Crippen molar-refractivity contribution in [2.75, 3.05) is 36.4 Å². The summed E-state index contributed by atoms with van der Waals surface area (Å²) in [5.41, 5.74) is -0.591. The van der Waals surface area contributed by atoms with E-state index in [1.165, 1.54) is 35.2 Å². The van der Waals surface area contributed by atoms with Gasteiger partial charge in [0, 0.05) is 32.7 Å². The fraction of sp³-hybridized carbons (Fsp3) is 0.250. The summed E-state index contributed by atoms with van der Waals surface area (Å²) in [6.45, 7) is 1.37. The second-order valence-electron chi connectivity index (χ2n) is 8.03. The molecule has 1 fully saturated rings. The number of hydrogen-bond donors (Lipinski definition) is 2. The maximum atomic E-state index is 13.3. The largest absolute Gasteiger partial charge is 0.417 e. The highest BCUT2D eigenvalue weighted by Crippen LogP contribution is 2.32. The van der Waals surface area contributed by atoms with Crippen LogP contribution in [0.1, 0.15) is 21.5 Å². The van der Waals surface area contributed by atoms with Gasteiger partial charge in [0.2, 0.25) is 0 Å². The van der Waals surface area contributed by atoms with Crippen LogP contribution in [0.3, 0.4) is 0 Å². The summed E-state index contributed by atoms with van der Waals surface area (Å²) in [5, 5.41) is 13.3. The number of carbonyl (C=O) groups is 2. The lowest BCUT2D eigenvalue weighted by atomic mass is 10.1. The van der Waals surface area contributed by atoms with E-state index in [0.717, 1.165) is 11.6 Å². The summed E-state index contributed by atoms with van der Waals surface area (Å²) in [6.07, 6.45) is -4.61. The van der Waals surface area contributed by atoms with Crippen molar-refractivity contribution in [3.8, 4) is 0 Å². The highest BCUT2D eigenvalue weighted by Gasteiger charge is 2.36. The molecule has 36 heavy (non-hydrogen) atoms. The number of anilines is 2. The van der Waals surface area contributed by atoms with Gasteiger partial charge in [-0.05, 0) is 42.0 Å². The first-order valence-corrected chi connectivity index (χ1v) is 11.0. The molecule has 8 nitrogen and oxygen atoms in total. The van der Waals surface area contributed by atoms with Gasteiger partial charge >= 0.3 is 12.2 Å². The number of benzene rings is 2. The number of halogens is 4. The monoisotopic (exact) mass is 502 g/mol. The molecule has 0 bridgehead atoms. The Balaban J connectivity index is 1.29. The van der Waals surface area contributed by atoms with Gasteiger partial charge < -0.3 is 15.1 Å². The van der Waals surface area contributed by atoms with E-state index in [4.69, 9.17) is 0 Å². The van der Waals surface area contributed by atoms with Crippen LogP contribution in [0.2, 0.25) is 0 Å². The van der Waals surface area contributed by atoms with Crippen molar-refractivity contribution in [3.05, 3.63) is 83.2 Å². The summed E-state index contributed by atoms with van der Waals surface area (Å²) in [7, 11) is 0. The van der Waals surface area contributed by atoms with Gasteiger partial charge in [0.25, 0.3) is 5.91 Å². The van der Waals surface area contributed by atoms with Crippen LogP contribution in [-0.4, -0.2) is 53.2 Å². The molecule has 0 saturated carbocycles. The minimum absolute atomic E-state index is 0.202. The number of urea groups is 1. The Morgan fingerprint density at radius 3 is 2.22 bits per heavy atom. The average molecular weight is 502 g/mol. The number of amides is 3. The Labute approximate surface area is 203 Å². The smallest absolute Gasteiger partial charge is 0.352 e. The first-order chi connectivity index (χ1) is 17.2. The lowest BCUT2D eigenvalue weighted by molar-refractivity contribution is -0.138. The highest BCUT2D eigenvalue weighted by atomic mass is 19.4. The van der Waals surface area contributed by atoms with E-state index in [2.05, 4.69) is 20.8 Å². The number of carbonyl (C=O) groups excluding carboxylic acids is 2. The average Bonchev–Trinajstić information content (AvgIpc) is 2.88. The highest BCUT2D eigenvalue weighted by molar-refractivity contribution is 5.96. The van der Waals surface area contributed by atoms with Crippen LogP contribution < -0.4 is 15.5 Å². The van der Waals surface area contributed by atoms with E-state index in [-0.39, 0.29) is 36.8 Å². The standard InChI is InChI=1S/C24H22F4N6O2/c25-17-7-5-16(6-8-17)15-29-23(36)30-20-9-10-21(32-31-20)33-11-13-34(14-12-33)22(35)18-3-1-2-4-19(18)24(26,27)28/h1-10H,11-15H2,(H2,29,30,31,36). The van der Waals surface area contributed by atoms with Crippen molar-refractivity contribution in [1.29, 1.82) is 0 Å². The molecule has 0 unspecified atom stereocenters. The number of nitrogens with one attached hydrogen (secondary N) is 2. The van der Waals surface area contributed by atoms with E-state index < -0.39 is 23.7 Å². The summed E-state index contributed by atoms with van der Waals surface area (Å²) in [4.78, 5) is 28.0. The number of hydrogen-bond acceptors (Lipinski definition) is 5. The molecule has 4 rings (SSSR count). The maximum Gasteiger partial charge on any atom is 0.417 e. The van der Waals surface area contributed by atoms with E-state index in [1.807, 2.05) is 4.90 Å². The molecule has 0 aliphatic carbocycles. The second kappa shape index (κ2) is 10.6. The van der Waals surface area contributed by atoms with Gasteiger partial charge in [-0.2, -0.15) is 13.2 Å². The molecular formula is C24H22F4N6O2. The molecule has 2 N–H and O–H groups in total. The lowest BCUT2D eigenvalue weighted by Crippen LogP contribution is -2.49. The molecular weight excluding hydrogens is 480 g/mol. The van der Waals surface area contributed by atoms with Crippen molar-refractivity contribution < 1.29 is 27.2 Å². The van der Waals surface area contributed by atoms with Crippen molar-refractivity contribution in [2.45, 2.75) is 12.7 Å². The zero-order valence-electron chi connectivity index (χ0n) is 18.9. The molecule has 3 amide bonds. The number of aromatic nitrogens is 2. The van der Waals surface area contributed by atoms with Crippen LogP contribution in [0.5, 0.6) is 0 Å². The summed E-state index contributed by atoms with van der Waals surface area (Å²) >= 11 is 0. The molecule has 1 aliphatic rings. The number of piperazine rings is 1. The number of rotatable bonds is 5. The molecule has 3 aromatic rings. The van der Waals surface area contributed by atoms with Crippen molar-refractivity contribution >= 4 is 23.6 Å². The maximum absolute atomic E-state index is 13.3. The predicted molar refractivity (Wildman–Crippen MR) is 124 cm³/mol. The van der Waals surface area contributed by atoms with Crippen LogP contribution in [0, 0.1) is 5.82 Å². The summed E-state index contributed by atoms with van der Waals surface area (Å²) in [6, 6.07) is 13.2. The Kier molecular flexibility index (Phi) is 7.32. The summed E-state index contributed by atoms with van der Waals surface area (Å²) < 4.78 is 52.8. The molecule has 0 radical (unpaired) electrons. The van der Waals surface area contributed by atoms with E-state index in [0.29, 0.717) is 18.9 Å². The minimum Gasteiger partial charge on any atom is -0.352 e. The van der Waals surface area contributed by atoms with Crippen LogP contribution in [-0.2, 0) is 12.7 Å². The van der Waals surface area contributed by atoms with Gasteiger partial charge in [-0.1, -0.05) is 24.3 Å². The SMILES string of the molecule is O=C(NCc1ccc(F)cc1)Nc1ccc(N2CCN(C(=O)c3ccccc3C(F)(F)F)CC2)nn1. The summed E-state index contributed by atoms with van der Waals surface area (Å²) in [5.74, 6) is -0.304. The number of nitrogens with zero attached hydrogens (tertiary/aromatic N) is 4. The van der Waals surface area contributed by atoms with Crippen molar-refractivity contribution in [3.63, 3.8) is 0 Å². The normalized spacial score (nSPS) is 13.9. The molecule has 2 aromatic carbocycles. The zero-order valence-corrected chi connectivity index (χ0v) is 18.9. The molecule has 1 aliphatic heterocycles.